The summed E-state index contributed by atoms with van der Waals surface area (Å²) in [6.45, 7) is 26.1. The maximum atomic E-state index is 4.81. The van der Waals surface area contributed by atoms with Crippen LogP contribution in [-0.2, 0) is 21.7 Å². The average Bonchev–Trinajstić information content (AvgIpc) is 3.58. The van der Waals surface area contributed by atoms with Crippen LogP contribution in [0, 0.1) is 0 Å². The molecule has 0 saturated heterocycles. The smallest absolute Gasteiger partial charge is 0.252 e. The number of anilines is 8. The van der Waals surface area contributed by atoms with Gasteiger partial charge in [0.1, 0.15) is 0 Å². The molecule has 4 heterocycles. The van der Waals surface area contributed by atoms with Crippen LogP contribution in [0.25, 0.3) is 22.4 Å². The molecule has 1 aliphatic carbocycles. The molecule has 0 spiro atoms. The first-order valence-corrected chi connectivity index (χ1v) is 26.5. The van der Waals surface area contributed by atoms with Crippen molar-refractivity contribution in [3.63, 3.8) is 0 Å². The number of aromatic nitrogens is 1. The molecule has 0 amide bonds. The highest BCUT2D eigenvalue weighted by atomic mass is 15.3. The van der Waals surface area contributed by atoms with E-state index >= 15 is 0 Å². The Hall–Kier alpha value is -6.85. The Kier molecular flexibility index (Phi) is 10.5. The number of rotatable bonds is 5. The molecule has 3 aliphatic heterocycles. The standard InChI is InChI=1S/C67H69BN4/c1-63(2,3)46-27-30-49(31-28-46)70-59-43-50(72-57-34-26-45(55-24-17-20-38-69-55)39-52(57)66(10)36-18-19-37-67(66,72)11)32-33-54(59)68-53-23-15-16-25-58(53)71(61-42-48(65(7,8)9)41-60(70)62(61)68)56-35-29-47(64(4,5)6)40-51(56)44-21-13-12-14-22-44/h12-17,20-35,38-43H,18-19,36-37H2,1-11H3. The van der Waals surface area contributed by atoms with Gasteiger partial charge in [-0.25, -0.2) is 0 Å². The molecule has 4 nitrogen and oxygen atoms in total. The molecule has 5 heteroatoms. The summed E-state index contributed by atoms with van der Waals surface area (Å²) in [5.41, 5.74) is 23.7. The normalized spacial score (nSPS) is 19.1. The molecule has 360 valence electrons. The van der Waals surface area contributed by atoms with Crippen LogP contribution in [0.15, 0.2) is 170 Å². The molecular weight excluding hydrogens is 872 g/mol. The number of hydrogen-bond donors (Lipinski definition) is 0. The lowest BCUT2D eigenvalue weighted by Crippen LogP contribution is -2.61. The molecule has 1 fully saturated rings. The van der Waals surface area contributed by atoms with E-state index in [9.17, 15) is 0 Å². The first-order chi connectivity index (χ1) is 34.3. The quantitative estimate of drug-likeness (QED) is 0.160. The van der Waals surface area contributed by atoms with Crippen LogP contribution in [0.4, 0.5) is 45.5 Å². The molecular formula is C67H69BN4. The maximum Gasteiger partial charge on any atom is 0.252 e. The number of nitrogens with zero attached hydrogens (tertiary/aromatic N) is 4. The van der Waals surface area contributed by atoms with Crippen molar-refractivity contribution in [3.05, 3.63) is 192 Å². The largest absolute Gasteiger partial charge is 0.334 e. The van der Waals surface area contributed by atoms with Crippen molar-refractivity contribution in [1.29, 1.82) is 0 Å². The van der Waals surface area contributed by atoms with Crippen LogP contribution in [0.1, 0.15) is 124 Å². The van der Waals surface area contributed by atoms with Gasteiger partial charge in [-0.15, -0.1) is 0 Å². The summed E-state index contributed by atoms with van der Waals surface area (Å²) in [4.78, 5) is 12.8. The minimum absolute atomic E-state index is 0.00182. The molecule has 7 aromatic carbocycles. The Balaban J connectivity index is 1.13. The minimum Gasteiger partial charge on any atom is -0.334 e. The average molecular weight is 941 g/mol. The van der Waals surface area contributed by atoms with Crippen LogP contribution < -0.4 is 31.1 Å². The maximum absolute atomic E-state index is 4.81. The second-order valence-electron chi connectivity index (χ2n) is 24.8. The Labute approximate surface area is 429 Å². The third-order valence-corrected chi connectivity index (χ3v) is 17.3. The number of benzene rings is 7. The predicted octanol–water partition coefficient (Wildman–Crippen LogP) is 16.1. The van der Waals surface area contributed by atoms with Gasteiger partial charge in [-0.2, -0.15) is 0 Å². The second kappa shape index (κ2) is 16.3. The van der Waals surface area contributed by atoms with E-state index in [0.717, 1.165) is 18.5 Å². The van der Waals surface area contributed by atoms with Crippen molar-refractivity contribution in [2.24, 2.45) is 0 Å². The van der Waals surface area contributed by atoms with Crippen LogP contribution in [0.3, 0.4) is 0 Å². The lowest BCUT2D eigenvalue weighted by Gasteiger charge is -2.50. The van der Waals surface area contributed by atoms with E-state index in [-0.39, 0.29) is 33.9 Å². The molecule has 0 radical (unpaired) electrons. The summed E-state index contributed by atoms with van der Waals surface area (Å²) in [7, 11) is 0. The number of para-hydroxylation sites is 1. The summed E-state index contributed by atoms with van der Waals surface area (Å²) < 4.78 is 0. The summed E-state index contributed by atoms with van der Waals surface area (Å²) in [5.74, 6) is 0. The fraction of sp³-hybridized carbons (Fsp3) is 0.299. The summed E-state index contributed by atoms with van der Waals surface area (Å²) in [5, 5.41) is 0. The SMILES string of the molecule is CC(C)(C)c1ccc(N2c3cc(N4c5ccc(-c6ccccn6)cc5C5(C)CCCCC45C)ccc3B3c4ccccc4N(c4ccc(C(C)(C)C)cc4-c4ccccc4)c4cc(C(C)(C)C)cc2c43)cc1. The molecule has 2 unspecified atom stereocenters. The zero-order chi connectivity index (χ0) is 50.1. The Morgan fingerprint density at radius 1 is 0.458 bits per heavy atom. The first-order valence-electron chi connectivity index (χ1n) is 26.5. The molecule has 72 heavy (non-hydrogen) atoms. The molecule has 0 bridgehead atoms. The van der Waals surface area contributed by atoms with Crippen molar-refractivity contribution in [2.45, 2.75) is 129 Å². The van der Waals surface area contributed by atoms with Gasteiger partial charge in [0.05, 0.1) is 16.9 Å². The highest BCUT2D eigenvalue weighted by Crippen LogP contribution is 2.62. The highest BCUT2D eigenvalue weighted by molar-refractivity contribution is 7.00. The predicted molar refractivity (Wildman–Crippen MR) is 308 cm³/mol. The van der Waals surface area contributed by atoms with Crippen molar-refractivity contribution in [2.75, 3.05) is 14.7 Å². The molecule has 2 atom stereocenters. The molecule has 0 N–H and O–H groups in total. The van der Waals surface area contributed by atoms with Gasteiger partial charge < -0.3 is 14.7 Å². The number of pyridine rings is 1. The third-order valence-electron chi connectivity index (χ3n) is 17.3. The molecule has 8 aromatic rings. The van der Waals surface area contributed by atoms with Crippen molar-refractivity contribution in [1.82, 2.24) is 4.98 Å². The van der Waals surface area contributed by atoms with Gasteiger partial charge in [-0.1, -0.05) is 167 Å². The van der Waals surface area contributed by atoms with E-state index in [2.05, 4.69) is 249 Å². The zero-order valence-corrected chi connectivity index (χ0v) is 44.4. The lowest BCUT2D eigenvalue weighted by molar-refractivity contribution is 0.195. The van der Waals surface area contributed by atoms with Crippen molar-refractivity contribution >= 4 is 68.6 Å². The van der Waals surface area contributed by atoms with Gasteiger partial charge in [0.25, 0.3) is 6.71 Å². The van der Waals surface area contributed by atoms with Crippen LogP contribution in [0.2, 0.25) is 0 Å². The van der Waals surface area contributed by atoms with E-state index in [0.29, 0.717) is 0 Å². The van der Waals surface area contributed by atoms with Gasteiger partial charge >= 0.3 is 0 Å². The fourth-order valence-electron chi connectivity index (χ4n) is 13.0. The van der Waals surface area contributed by atoms with Crippen molar-refractivity contribution < 1.29 is 0 Å². The highest BCUT2D eigenvalue weighted by Gasteiger charge is 2.58. The van der Waals surface area contributed by atoms with Gasteiger partial charge in [0, 0.05) is 62.6 Å². The van der Waals surface area contributed by atoms with Crippen LogP contribution in [-0.4, -0.2) is 17.2 Å². The topological polar surface area (TPSA) is 22.6 Å². The van der Waals surface area contributed by atoms with Gasteiger partial charge in [-0.3, -0.25) is 4.98 Å². The fourth-order valence-corrected chi connectivity index (χ4v) is 13.0. The Bertz CT molecular complexity index is 3410. The number of hydrogen-bond acceptors (Lipinski definition) is 4. The van der Waals surface area contributed by atoms with Crippen LogP contribution in [0.5, 0.6) is 0 Å². The summed E-state index contributed by atoms with van der Waals surface area (Å²) >= 11 is 0. The van der Waals surface area contributed by atoms with E-state index in [4.69, 9.17) is 4.98 Å². The number of fused-ring (bicyclic) bond motifs is 7. The lowest BCUT2D eigenvalue weighted by atomic mass is 9.33. The molecule has 12 rings (SSSR count). The van der Waals surface area contributed by atoms with Gasteiger partial charge in [-0.05, 0) is 159 Å². The van der Waals surface area contributed by atoms with E-state index in [1.807, 2.05) is 12.3 Å². The molecule has 4 aliphatic rings. The van der Waals surface area contributed by atoms with Gasteiger partial charge in [0.2, 0.25) is 0 Å². The van der Waals surface area contributed by atoms with E-state index < -0.39 is 0 Å². The first kappa shape index (κ1) is 46.2. The van der Waals surface area contributed by atoms with Gasteiger partial charge in [0.15, 0.2) is 0 Å². The van der Waals surface area contributed by atoms with E-state index in [1.54, 1.807) is 0 Å². The van der Waals surface area contributed by atoms with Crippen molar-refractivity contribution in [3.8, 4) is 22.4 Å². The minimum atomic E-state index is -0.140. The molecule has 1 saturated carbocycles. The third kappa shape index (κ3) is 7.12. The summed E-state index contributed by atoms with van der Waals surface area (Å²) in [6.07, 6.45) is 6.64. The molecule has 1 aromatic heterocycles. The Morgan fingerprint density at radius 3 is 1.79 bits per heavy atom. The zero-order valence-electron chi connectivity index (χ0n) is 44.4. The summed E-state index contributed by atoms with van der Waals surface area (Å²) in [6, 6.07) is 63.0. The van der Waals surface area contributed by atoms with Crippen LogP contribution >= 0.6 is 0 Å². The monoisotopic (exact) mass is 941 g/mol. The second-order valence-corrected chi connectivity index (χ2v) is 24.8. The Morgan fingerprint density at radius 2 is 1.08 bits per heavy atom. The van der Waals surface area contributed by atoms with E-state index in [1.165, 1.54) is 114 Å².